The fraction of sp³-hybridized carbons (Fsp3) is 0.240. The Morgan fingerprint density at radius 1 is 1.31 bits per heavy atom. The minimum atomic E-state index is -0.766. The lowest BCUT2D eigenvalue weighted by Crippen LogP contribution is -2.39. The molecule has 0 amide bonds. The molecule has 0 radical (unpaired) electrons. The van der Waals surface area contributed by atoms with Crippen molar-refractivity contribution in [1.82, 2.24) is 4.57 Å². The van der Waals surface area contributed by atoms with E-state index < -0.39 is 12.0 Å². The van der Waals surface area contributed by atoms with E-state index in [4.69, 9.17) is 18.9 Å². The number of ether oxygens (including phenoxy) is 4. The molecule has 1 atom stereocenters. The highest BCUT2D eigenvalue weighted by Crippen LogP contribution is 2.38. The van der Waals surface area contributed by atoms with Crippen LogP contribution in [-0.4, -0.2) is 36.2 Å². The summed E-state index contributed by atoms with van der Waals surface area (Å²) in [6.45, 7) is 3.74. The maximum Gasteiger partial charge on any atom is 0.338 e. The number of fused-ring (bicyclic) bond motifs is 2. The number of carbonyl (C=O) groups excluding carboxylic acids is 1. The van der Waals surface area contributed by atoms with Gasteiger partial charge in [0, 0.05) is 0 Å². The van der Waals surface area contributed by atoms with Crippen LogP contribution >= 0.6 is 27.3 Å². The number of hydrogen-bond acceptors (Lipinski definition) is 9. The molecular formula is C25H21BrN2O7S. The average molecular weight is 573 g/mol. The monoisotopic (exact) mass is 572 g/mol. The Hall–Kier alpha value is -3.57. The number of methoxy groups -OCH3 is 1. The summed E-state index contributed by atoms with van der Waals surface area (Å²) in [5.41, 5.74) is 1.74. The zero-order valence-electron chi connectivity index (χ0n) is 19.5. The smallest absolute Gasteiger partial charge is 0.338 e. The summed E-state index contributed by atoms with van der Waals surface area (Å²) in [6.07, 6.45) is 1.69. The minimum absolute atomic E-state index is 0.0337. The minimum Gasteiger partial charge on any atom is -0.503 e. The van der Waals surface area contributed by atoms with Crippen LogP contribution in [0, 0.1) is 0 Å². The first-order valence-electron chi connectivity index (χ1n) is 11.0. The SMILES string of the molecule is CCOC(=O)C1=C(C)N=c2sc(=Cc3cc(Br)c(O)c(OC)c3)c(=O)n2C1c1ccc2c(c1)OCO2. The third kappa shape index (κ3) is 4.07. The molecule has 0 saturated heterocycles. The Labute approximate surface area is 217 Å². The molecule has 1 unspecified atom stereocenters. The lowest BCUT2D eigenvalue weighted by atomic mass is 9.95. The highest BCUT2D eigenvalue weighted by atomic mass is 79.9. The maximum atomic E-state index is 13.7. The third-order valence-corrected chi connectivity index (χ3v) is 7.39. The van der Waals surface area contributed by atoms with Crippen molar-refractivity contribution >= 4 is 39.3 Å². The number of nitrogens with zero attached hydrogens (tertiary/aromatic N) is 2. The Bertz CT molecular complexity index is 1610. The van der Waals surface area contributed by atoms with Crippen LogP contribution in [0.15, 0.2) is 55.9 Å². The van der Waals surface area contributed by atoms with Gasteiger partial charge in [0.05, 0.1) is 40.0 Å². The van der Waals surface area contributed by atoms with E-state index in [-0.39, 0.29) is 36.0 Å². The molecule has 2 aliphatic rings. The Morgan fingerprint density at radius 2 is 2.08 bits per heavy atom. The van der Waals surface area contributed by atoms with Crippen LogP contribution in [0.25, 0.3) is 6.08 Å². The molecular weight excluding hydrogens is 552 g/mol. The largest absolute Gasteiger partial charge is 0.503 e. The Kier molecular flexibility index (Phi) is 6.35. The van der Waals surface area contributed by atoms with Crippen molar-refractivity contribution in [2.24, 2.45) is 4.99 Å². The lowest BCUT2D eigenvalue weighted by Gasteiger charge is -2.24. The number of hydrogen-bond donors (Lipinski definition) is 1. The fourth-order valence-corrected chi connectivity index (χ4v) is 5.68. The second-order valence-corrected chi connectivity index (χ2v) is 9.83. The summed E-state index contributed by atoms with van der Waals surface area (Å²) in [7, 11) is 1.45. The molecule has 9 nitrogen and oxygen atoms in total. The standard InChI is InChI=1S/C25H21BrN2O7S/c1-4-33-24(31)20-12(2)27-25-28(21(20)14-5-6-16-17(10-14)35-11-34-16)23(30)19(36-25)9-13-7-15(26)22(29)18(8-13)32-3/h5-10,21,29H,4,11H2,1-3H3. The first-order chi connectivity index (χ1) is 17.3. The molecule has 0 saturated carbocycles. The zero-order valence-corrected chi connectivity index (χ0v) is 21.9. The maximum absolute atomic E-state index is 13.7. The number of aromatic hydroxyl groups is 1. The first-order valence-corrected chi connectivity index (χ1v) is 12.6. The van der Waals surface area contributed by atoms with Crippen molar-refractivity contribution in [3.8, 4) is 23.0 Å². The number of benzene rings is 2. The van der Waals surface area contributed by atoms with E-state index in [0.717, 1.165) is 0 Å². The van der Waals surface area contributed by atoms with E-state index in [2.05, 4.69) is 20.9 Å². The summed E-state index contributed by atoms with van der Waals surface area (Å²) in [4.78, 5) is 31.8. The van der Waals surface area contributed by atoms with Crippen molar-refractivity contribution in [3.05, 3.63) is 76.9 Å². The quantitative estimate of drug-likeness (QED) is 0.468. The number of phenolic OH excluding ortho intramolecular Hbond substituents is 1. The Balaban J connectivity index is 1.72. The van der Waals surface area contributed by atoms with Crippen molar-refractivity contribution in [2.45, 2.75) is 19.9 Å². The highest BCUT2D eigenvalue weighted by molar-refractivity contribution is 9.10. The van der Waals surface area contributed by atoms with E-state index in [0.29, 0.717) is 42.1 Å². The van der Waals surface area contributed by atoms with Crippen molar-refractivity contribution in [3.63, 3.8) is 0 Å². The molecule has 186 valence electrons. The van der Waals surface area contributed by atoms with Gasteiger partial charge >= 0.3 is 5.97 Å². The van der Waals surface area contributed by atoms with E-state index >= 15 is 0 Å². The second kappa shape index (κ2) is 9.47. The van der Waals surface area contributed by atoms with Gasteiger partial charge in [0.1, 0.15) is 0 Å². The van der Waals surface area contributed by atoms with E-state index in [1.807, 2.05) is 0 Å². The van der Waals surface area contributed by atoms with E-state index in [1.54, 1.807) is 50.3 Å². The first kappa shape index (κ1) is 24.1. The molecule has 3 heterocycles. The van der Waals surface area contributed by atoms with E-state index in [1.165, 1.54) is 23.0 Å². The normalized spacial score (nSPS) is 16.6. The number of phenols is 1. The molecule has 1 N–H and O–H groups in total. The van der Waals surface area contributed by atoms with Crippen LogP contribution in [-0.2, 0) is 9.53 Å². The number of rotatable bonds is 5. The van der Waals surface area contributed by atoms with Crippen LogP contribution in [0.5, 0.6) is 23.0 Å². The zero-order chi connectivity index (χ0) is 25.6. The molecule has 2 aromatic carbocycles. The van der Waals surface area contributed by atoms with Crippen molar-refractivity contribution in [1.29, 1.82) is 0 Å². The van der Waals surface area contributed by atoms with Crippen LogP contribution in [0.2, 0.25) is 0 Å². The fourth-order valence-electron chi connectivity index (χ4n) is 4.17. The van der Waals surface area contributed by atoms with Crippen LogP contribution in [0.1, 0.15) is 31.0 Å². The predicted molar refractivity (Wildman–Crippen MR) is 135 cm³/mol. The van der Waals surface area contributed by atoms with Crippen LogP contribution < -0.4 is 29.1 Å². The number of halogens is 1. The van der Waals surface area contributed by atoms with E-state index in [9.17, 15) is 14.7 Å². The number of aromatic nitrogens is 1. The van der Waals surface area contributed by atoms with Gasteiger partial charge in [-0.05, 0) is 71.2 Å². The molecule has 11 heteroatoms. The van der Waals surface area contributed by atoms with Crippen LogP contribution in [0.3, 0.4) is 0 Å². The molecule has 3 aromatic rings. The van der Waals surface area contributed by atoms with Crippen molar-refractivity contribution < 1.29 is 28.8 Å². The summed E-state index contributed by atoms with van der Waals surface area (Å²) in [6, 6.07) is 7.87. The second-order valence-electron chi connectivity index (χ2n) is 7.97. The van der Waals surface area contributed by atoms with Gasteiger partial charge in [-0.3, -0.25) is 9.36 Å². The lowest BCUT2D eigenvalue weighted by molar-refractivity contribution is -0.139. The molecule has 2 aliphatic heterocycles. The van der Waals surface area contributed by atoms with Gasteiger partial charge in [-0.1, -0.05) is 17.4 Å². The van der Waals surface area contributed by atoms with Gasteiger partial charge in [-0.2, -0.15) is 0 Å². The van der Waals surface area contributed by atoms with Gasteiger partial charge < -0.3 is 24.1 Å². The van der Waals surface area contributed by atoms with Gasteiger partial charge in [-0.15, -0.1) is 0 Å². The Morgan fingerprint density at radius 3 is 2.83 bits per heavy atom. The van der Waals surface area contributed by atoms with Gasteiger partial charge in [0.15, 0.2) is 27.8 Å². The summed E-state index contributed by atoms with van der Waals surface area (Å²) in [5, 5.41) is 10.1. The average Bonchev–Trinajstić information content (AvgIpc) is 3.44. The third-order valence-electron chi connectivity index (χ3n) is 5.80. The molecule has 0 aliphatic carbocycles. The number of allylic oxidation sites excluding steroid dienone is 1. The number of carbonyl (C=O) groups is 1. The highest BCUT2D eigenvalue weighted by Gasteiger charge is 2.34. The molecule has 5 rings (SSSR count). The summed E-state index contributed by atoms with van der Waals surface area (Å²) < 4.78 is 23.9. The summed E-state index contributed by atoms with van der Waals surface area (Å²) in [5.74, 6) is 0.823. The van der Waals surface area contributed by atoms with Gasteiger partial charge in [0.25, 0.3) is 5.56 Å². The molecule has 0 fully saturated rings. The molecule has 0 bridgehead atoms. The topological polar surface area (TPSA) is 109 Å². The predicted octanol–water partition coefficient (Wildman–Crippen LogP) is 3.00. The van der Waals surface area contributed by atoms with Crippen molar-refractivity contribution in [2.75, 3.05) is 20.5 Å². The summed E-state index contributed by atoms with van der Waals surface area (Å²) >= 11 is 4.51. The molecule has 0 spiro atoms. The number of esters is 1. The van der Waals surface area contributed by atoms with Gasteiger partial charge in [-0.25, -0.2) is 9.79 Å². The molecule has 1 aromatic heterocycles. The van der Waals surface area contributed by atoms with Gasteiger partial charge in [0.2, 0.25) is 6.79 Å². The number of thiazole rings is 1. The molecule has 36 heavy (non-hydrogen) atoms. The van der Waals surface area contributed by atoms with Crippen LogP contribution in [0.4, 0.5) is 0 Å².